The fraction of sp³-hybridized carbons (Fsp3) is 0.375. The van der Waals surface area contributed by atoms with Crippen molar-refractivity contribution in [3.05, 3.63) is 101 Å². The summed E-state index contributed by atoms with van der Waals surface area (Å²) in [5.41, 5.74) is 4.12. The largest absolute Gasteiger partial charge is 0.483 e. The molecule has 1 fully saturated rings. The van der Waals surface area contributed by atoms with Crippen LogP contribution >= 0.6 is 0 Å². The third-order valence-electron chi connectivity index (χ3n) is 7.32. The first-order valence-electron chi connectivity index (χ1n) is 13.4. The van der Waals surface area contributed by atoms with Gasteiger partial charge in [-0.15, -0.1) is 0 Å². The summed E-state index contributed by atoms with van der Waals surface area (Å²) in [7, 11) is 0. The van der Waals surface area contributed by atoms with Crippen molar-refractivity contribution >= 4 is 11.8 Å². The molecule has 0 unspecified atom stereocenters. The number of benzene rings is 3. The van der Waals surface area contributed by atoms with Gasteiger partial charge in [0.05, 0.1) is 0 Å². The fourth-order valence-electron chi connectivity index (χ4n) is 4.98. The second-order valence-electron chi connectivity index (χ2n) is 10.0. The Balaban J connectivity index is 1.60. The molecule has 1 aliphatic carbocycles. The van der Waals surface area contributed by atoms with Gasteiger partial charge in [-0.3, -0.25) is 9.59 Å². The van der Waals surface area contributed by atoms with Crippen LogP contribution in [0.5, 0.6) is 5.75 Å². The Bertz CT molecular complexity index is 1160. The van der Waals surface area contributed by atoms with E-state index in [-0.39, 0.29) is 24.5 Å². The Morgan fingerprint density at radius 2 is 1.51 bits per heavy atom. The van der Waals surface area contributed by atoms with Gasteiger partial charge in [0.2, 0.25) is 5.91 Å². The van der Waals surface area contributed by atoms with Crippen LogP contribution in [0.15, 0.2) is 78.9 Å². The van der Waals surface area contributed by atoms with Gasteiger partial charge in [0.15, 0.2) is 6.61 Å². The Kier molecular flexibility index (Phi) is 9.36. The monoisotopic (exact) mass is 498 g/mol. The van der Waals surface area contributed by atoms with E-state index in [2.05, 4.69) is 5.32 Å². The zero-order valence-corrected chi connectivity index (χ0v) is 22.0. The van der Waals surface area contributed by atoms with Crippen LogP contribution < -0.4 is 10.1 Å². The van der Waals surface area contributed by atoms with E-state index in [0.29, 0.717) is 18.7 Å². The van der Waals surface area contributed by atoms with Gasteiger partial charge in [0, 0.05) is 19.0 Å². The van der Waals surface area contributed by atoms with Gasteiger partial charge in [0.1, 0.15) is 11.8 Å². The fourth-order valence-corrected chi connectivity index (χ4v) is 4.98. The summed E-state index contributed by atoms with van der Waals surface area (Å²) in [6.07, 6.45) is 5.91. The molecule has 0 radical (unpaired) electrons. The first kappa shape index (κ1) is 26.5. The van der Waals surface area contributed by atoms with Gasteiger partial charge in [-0.05, 0) is 55.0 Å². The molecule has 3 aromatic carbocycles. The highest BCUT2D eigenvalue weighted by Gasteiger charge is 2.32. The Hall–Kier alpha value is -3.60. The molecule has 0 aliphatic heterocycles. The van der Waals surface area contributed by atoms with Crippen molar-refractivity contribution in [2.24, 2.45) is 0 Å². The summed E-state index contributed by atoms with van der Waals surface area (Å²) in [5.74, 6) is 0.399. The summed E-state index contributed by atoms with van der Waals surface area (Å²) >= 11 is 0. The van der Waals surface area contributed by atoms with Crippen LogP contribution in [0.25, 0.3) is 0 Å². The number of hydrogen-bond donors (Lipinski definition) is 1. The highest BCUT2D eigenvalue weighted by Crippen LogP contribution is 2.22. The van der Waals surface area contributed by atoms with Crippen molar-refractivity contribution in [2.75, 3.05) is 6.61 Å². The van der Waals surface area contributed by atoms with Crippen molar-refractivity contribution < 1.29 is 14.3 Å². The number of ether oxygens (including phenoxy) is 1. The van der Waals surface area contributed by atoms with Gasteiger partial charge in [-0.1, -0.05) is 92.1 Å². The van der Waals surface area contributed by atoms with Gasteiger partial charge in [-0.2, -0.15) is 0 Å². The number of nitrogens with zero attached hydrogens (tertiary/aromatic N) is 1. The predicted octanol–water partition coefficient (Wildman–Crippen LogP) is 5.77. The van der Waals surface area contributed by atoms with Gasteiger partial charge in [-0.25, -0.2) is 0 Å². The number of rotatable bonds is 10. The molecule has 5 heteroatoms. The van der Waals surface area contributed by atoms with Crippen molar-refractivity contribution in [1.82, 2.24) is 10.2 Å². The number of carbonyl (C=O) groups excluding carboxylic acids is 2. The zero-order valence-electron chi connectivity index (χ0n) is 22.0. The lowest BCUT2D eigenvalue weighted by Gasteiger charge is -2.33. The number of aryl methyl sites for hydroxylation is 1. The number of carbonyl (C=O) groups is 2. The molecule has 194 valence electrons. The normalized spacial score (nSPS) is 14.5. The van der Waals surface area contributed by atoms with E-state index in [1.54, 1.807) is 4.90 Å². The van der Waals surface area contributed by atoms with Crippen molar-refractivity contribution in [1.29, 1.82) is 0 Å². The quantitative estimate of drug-likeness (QED) is 0.386. The topological polar surface area (TPSA) is 58.6 Å². The minimum Gasteiger partial charge on any atom is -0.483 e. The molecule has 0 spiro atoms. The number of nitrogens with one attached hydrogen (secondary N) is 1. The lowest BCUT2D eigenvalue weighted by Crippen LogP contribution is -2.53. The number of hydrogen-bond acceptors (Lipinski definition) is 3. The smallest absolute Gasteiger partial charge is 0.261 e. The molecule has 0 saturated heterocycles. The Morgan fingerprint density at radius 3 is 2.19 bits per heavy atom. The molecule has 4 rings (SSSR count). The first-order chi connectivity index (χ1) is 18.0. The molecule has 1 atom stereocenters. The molecule has 37 heavy (non-hydrogen) atoms. The maximum atomic E-state index is 13.8. The van der Waals surface area contributed by atoms with E-state index in [9.17, 15) is 9.59 Å². The Labute approximate surface area is 220 Å². The van der Waals surface area contributed by atoms with E-state index < -0.39 is 6.04 Å². The van der Waals surface area contributed by atoms with Crippen LogP contribution in [0, 0.1) is 13.8 Å². The van der Waals surface area contributed by atoms with E-state index in [0.717, 1.165) is 47.9 Å². The molecule has 1 N–H and O–H groups in total. The molecule has 0 aromatic heterocycles. The van der Waals surface area contributed by atoms with Gasteiger partial charge in [0.25, 0.3) is 5.91 Å². The summed E-state index contributed by atoms with van der Waals surface area (Å²) in [5, 5.41) is 3.28. The zero-order chi connectivity index (χ0) is 26.0. The average molecular weight is 499 g/mol. The standard InChI is InChI=1S/C32H38N2O3/c1-24-13-12-20-30(25(24)2)37-23-31(35)34(22-27-16-8-4-9-17-27)29(21-26-14-6-3-7-15-26)32(36)33-28-18-10-5-11-19-28/h3-4,6-9,12-17,20,28-29H,5,10-11,18-19,21-23H2,1-2H3,(H,33,36)/t29-/m1/s1. The lowest BCUT2D eigenvalue weighted by molar-refractivity contribution is -0.143. The van der Waals surface area contributed by atoms with Crippen LogP contribution in [0.1, 0.15) is 54.4 Å². The molecule has 3 aromatic rings. The van der Waals surface area contributed by atoms with E-state index in [1.165, 1.54) is 6.42 Å². The van der Waals surface area contributed by atoms with E-state index in [4.69, 9.17) is 4.74 Å². The molecular formula is C32H38N2O3. The van der Waals surface area contributed by atoms with Crippen molar-refractivity contribution in [3.8, 4) is 5.75 Å². The molecule has 2 amide bonds. The summed E-state index contributed by atoms with van der Waals surface area (Å²) < 4.78 is 6.01. The molecule has 1 saturated carbocycles. The molecule has 0 bridgehead atoms. The highest BCUT2D eigenvalue weighted by atomic mass is 16.5. The van der Waals surface area contributed by atoms with Gasteiger partial charge >= 0.3 is 0 Å². The molecule has 0 heterocycles. The minimum absolute atomic E-state index is 0.0910. The second kappa shape index (κ2) is 13.1. The van der Waals surface area contributed by atoms with E-state index in [1.807, 2.05) is 92.7 Å². The maximum absolute atomic E-state index is 13.8. The van der Waals surface area contributed by atoms with Crippen LogP contribution in [-0.4, -0.2) is 35.4 Å². The van der Waals surface area contributed by atoms with Crippen LogP contribution in [0.2, 0.25) is 0 Å². The highest BCUT2D eigenvalue weighted by molar-refractivity contribution is 5.88. The second-order valence-corrected chi connectivity index (χ2v) is 10.0. The van der Waals surface area contributed by atoms with Crippen LogP contribution in [0.3, 0.4) is 0 Å². The van der Waals surface area contributed by atoms with Gasteiger partial charge < -0.3 is 15.0 Å². The first-order valence-corrected chi connectivity index (χ1v) is 13.4. The predicted molar refractivity (Wildman–Crippen MR) is 147 cm³/mol. The number of amides is 2. The van der Waals surface area contributed by atoms with Crippen molar-refractivity contribution in [3.63, 3.8) is 0 Å². The third kappa shape index (κ3) is 7.45. The maximum Gasteiger partial charge on any atom is 0.261 e. The summed E-state index contributed by atoms with van der Waals surface area (Å²) in [6.45, 7) is 4.23. The molecule has 5 nitrogen and oxygen atoms in total. The van der Waals surface area contributed by atoms with Crippen LogP contribution in [-0.2, 0) is 22.6 Å². The Morgan fingerprint density at radius 1 is 0.865 bits per heavy atom. The summed E-state index contributed by atoms with van der Waals surface area (Å²) in [6, 6.07) is 25.1. The lowest BCUT2D eigenvalue weighted by atomic mass is 9.94. The average Bonchev–Trinajstić information content (AvgIpc) is 2.93. The minimum atomic E-state index is -0.640. The summed E-state index contributed by atoms with van der Waals surface area (Å²) in [4.78, 5) is 29.2. The molecule has 1 aliphatic rings. The van der Waals surface area contributed by atoms with Crippen LogP contribution in [0.4, 0.5) is 0 Å². The van der Waals surface area contributed by atoms with E-state index >= 15 is 0 Å². The SMILES string of the molecule is Cc1cccc(OCC(=O)N(Cc2ccccc2)[C@H](Cc2ccccc2)C(=O)NC2CCCCC2)c1C. The molecular weight excluding hydrogens is 460 g/mol. The van der Waals surface area contributed by atoms with Crippen molar-refractivity contribution in [2.45, 2.75) is 71.0 Å². The third-order valence-corrected chi connectivity index (χ3v) is 7.32.